The van der Waals surface area contributed by atoms with Gasteiger partial charge in [-0.15, -0.1) is 11.3 Å². The standard InChI is InChI=1S/C32H41FN8S/c1-5-8-24(19(2)23-10-6-11-27-29(23)25(18-34)31(33)42-27)30(37)32-39-21(12-13-22-9-7-16-41(22)4)17-28(40-32)38-15-14-26(36)20(3)35/h14-15,17,22-23,37H,3,5-13,16,35-36H2,1-2,4H3/b24-19+,26-14-,37-30?,38-15?/t22?,23-/m1/s1. The summed E-state index contributed by atoms with van der Waals surface area (Å²) in [5.74, 6) is 0.642. The second-order valence-corrected chi connectivity index (χ2v) is 12.3. The van der Waals surface area contributed by atoms with Gasteiger partial charge in [-0.3, -0.25) is 5.41 Å². The van der Waals surface area contributed by atoms with E-state index in [1.54, 1.807) is 6.08 Å². The Morgan fingerprint density at radius 1 is 1.33 bits per heavy atom. The van der Waals surface area contributed by atoms with Crippen molar-refractivity contribution in [2.75, 3.05) is 13.6 Å². The molecule has 0 aromatic carbocycles. The van der Waals surface area contributed by atoms with Crippen molar-refractivity contribution in [3.8, 4) is 6.07 Å². The van der Waals surface area contributed by atoms with Gasteiger partial charge in [-0.05, 0) is 89.1 Å². The lowest BCUT2D eigenvalue weighted by Crippen LogP contribution is -2.25. The zero-order chi connectivity index (χ0) is 30.4. The van der Waals surface area contributed by atoms with Gasteiger partial charge in [0.15, 0.2) is 16.8 Å². The predicted octanol–water partition coefficient (Wildman–Crippen LogP) is 6.20. The van der Waals surface area contributed by atoms with Crippen LogP contribution in [0.4, 0.5) is 10.2 Å². The third-order valence-corrected chi connectivity index (χ3v) is 9.42. The van der Waals surface area contributed by atoms with Gasteiger partial charge in [0.2, 0.25) is 0 Å². The molecule has 0 amide bonds. The van der Waals surface area contributed by atoms with Gasteiger partial charge in [-0.25, -0.2) is 15.0 Å². The van der Waals surface area contributed by atoms with Crippen LogP contribution in [0.3, 0.4) is 0 Å². The van der Waals surface area contributed by atoms with E-state index >= 15 is 0 Å². The van der Waals surface area contributed by atoms with Gasteiger partial charge in [-0.2, -0.15) is 9.65 Å². The molecule has 0 saturated carbocycles. The summed E-state index contributed by atoms with van der Waals surface area (Å²) in [5.41, 5.74) is 16.0. The van der Waals surface area contributed by atoms with Crippen LogP contribution >= 0.6 is 11.3 Å². The number of aromatic nitrogens is 2. The molecule has 2 aromatic heterocycles. The Hall–Kier alpha value is -3.68. The summed E-state index contributed by atoms with van der Waals surface area (Å²) in [6.45, 7) is 8.84. The van der Waals surface area contributed by atoms with Crippen molar-refractivity contribution >= 4 is 29.1 Å². The van der Waals surface area contributed by atoms with Crippen molar-refractivity contribution in [2.24, 2.45) is 16.5 Å². The largest absolute Gasteiger partial charge is 0.398 e. The van der Waals surface area contributed by atoms with Gasteiger partial charge < -0.3 is 16.4 Å². The van der Waals surface area contributed by atoms with E-state index in [9.17, 15) is 15.1 Å². The summed E-state index contributed by atoms with van der Waals surface area (Å²) in [4.78, 5) is 17.4. The number of thiophene rings is 1. The summed E-state index contributed by atoms with van der Waals surface area (Å²) in [6.07, 6.45) is 11.2. The number of aliphatic imine (C=N–C) groups is 1. The Labute approximate surface area is 252 Å². The lowest BCUT2D eigenvalue weighted by atomic mass is 9.78. The molecule has 1 aliphatic heterocycles. The number of fused-ring (bicyclic) bond motifs is 1. The van der Waals surface area contributed by atoms with E-state index in [0.29, 0.717) is 29.8 Å². The molecule has 1 unspecified atom stereocenters. The quantitative estimate of drug-likeness (QED) is 0.211. The molecule has 10 heteroatoms. The second-order valence-electron chi connectivity index (χ2n) is 11.2. The number of nitriles is 1. The highest BCUT2D eigenvalue weighted by Crippen LogP contribution is 2.44. The van der Waals surface area contributed by atoms with Crippen molar-refractivity contribution in [3.63, 3.8) is 0 Å². The summed E-state index contributed by atoms with van der Waals surface area (Å²) >= 11 is 1.09. The normalized spacial score (nSPS) is 19.9. The molecule has 2 aliphatic rings. The maximum absolute atomic E-state index is 14.7. The number of rotatable bonds is 11. The van der Waals surface area contributed by atoms with Crippen LogP contribution in [0.1, 0.15) is 92.2 Å². The number of allylic oxidation sites excluding steroid dienone is 3. The van der Waals surface area contributed by atoms with Crippen LogP contribution < -0.4 is 11.5 Å². The Bertz CT molecular complexity index is 1480. The van der Waals surface area contributed by atoms with Gasteiger partial charge >= 0.3 is 0 Å². The van der Waals surface area contributed by atoms with Gasteiger partial charge in [-0.1, -0.05) is 25.5 Å². The van der Waals surface area contributed by atoms with E-state index in [2.05, 4.69) is 41.5 Å². The van der Waals surface area contributed by atoms with Crippen LogP contribution in [0, 0.1) is 21.9 Å². The number of hydrogen-bond donors (Lipinski definition) is 3. The molecule has 2 aromatic rings. The molecule has 3 heterocycles. The molecule has 0 spiro atoms. The number of halogens is 1. The summed E-state index contributed by atoms with van der Waals surface area (Å²) in [5, 5.41) is 18.6. The first-order valence-corrected chi connectivity index (χ1v) is 15.5. The molecule has 1 fully saturated rings. The average Bonchev–Trinajstić information content (AvgIpc) is 3.54. The minimum atomic E-state index is -0.409. The predicted molar refractivity (Wildman–Crippen MR) is 169 cm³/mol. The highest BCUT2D eigenvalue weighted by molar-refractivity contribution is 7.10. The zero-order valence-electron chi connectivity index (χ0n) is 24.8. The monoisotopic (exact) mass is 588 g/mol. The second kappa shape index (κ2) is 14.0. The summed E-state index contributed by atoms with van der Waals surface area (Å²) in [6, 6.07) is 4.47. The molecule has 2 atom stereocenters. The summed E-state index contributed by atoms with van der Waals surface area (Å²) < 4.78 is 14.7. The molecule has 8 nitrogen and oxygen atoms in total. The molecular weight excluding hydrogens is 547 g/mol. The number of likely N-dealkylation sites (tertiary alicyclic amines) is 1. The van der Waals surface area contributed by atoms with E-state index in [0.717, 1.165) is 83.7 Å². The molecular formula is C32H41FN8S. The number of aryl methyl sites for hydroxylation is 2. The molecule has 0 bridgehead atoms. The fraction of sp³-hybridized carbons (Fsp3) is 0.469. The van der Waals surface area contributed by atoms with Crippen LogP contribution in [0.25, 0.3) is 0 Å². The molecule has 222 valence electrons. The average molecular weight is 589 g/mol. The fourth-order valence-electron chi connectivity index (χ4n) is 6.03. The Morgan fingerprint density at radius 3 is 2.79 bits per heavy atom. The van der Waals surface area contributed by atoms with Gasteiger partial charge in [0.1, 0.15) is 17.3 Å². The Kier molecular flexibility index (Phi) is 10.4. The van der Waals surface area contributed by atoms with Gasteiger partial charge in [0, 0.05) is 40.5 Å². The molecule has 1 aliphatic carbocycles. The SMILES string of the molecule is C=C(N)/C(N)=C/C=Nc1cc(CCC2CCCN2C)nc(C(=N)/C(CCC)=C(\C)[C@H]2CCCc3sc(F)c(C#N)c32)n1. The van der Waals surface area contributed by atoms with E-state index in [-0.39, 0.29) is 22.9 Å². The minimum absolute atomic E-state index is 0.109. The molecule has 1 saturated heterocycles. The van der Waals surface area contributed by atoms with Crippen molar-refractivity contribution in [3.05, 3.63) is 73.9 Å². The zero-order valence-corrected chi connectivity index (χ0v) is 25.7. The van der Waals surface area contributed by atoms with Crippen molar-refractivity contribution < 1.29 is 4.39 Å². The lowest BCUT2D eigenvalue weighted by Gasteiger charge is -2.26. The third kappa shape index (κ3) is 7.02. The highest BCUT2D eigenvalue weighted by atomic mass is 32.1. The van der Waals surface area contributed by atoms with Crippen molar-refractivity contribution in [1.82, 2.24) is 14.9 Å². The maximum atomic E-state index is 14.7. The van der Waals surface area contributed by atoms with E-state index in [1.807, 2.05) is 13.0 Å². The van der Waals surface area contributed by atoms with Crippen LogP contribution in [-0.2, 0) is 12.8 Å². The number of nitrogens with two attached hydrogens (primary N) is 2. The Morgan fingerprint density at radius 2 is 2.12 bits per heavy atom. The van der Waals surface area contributed by atoms with E-state index < -0.39 is 5.13 Å². The van der Waals surface area contributed by atoms with Crippen LogP contribution in [-0.4, -0.2) is 46.4 Å². The first kappa shape index (κ1) is 31.3. The van der Waals surface area contributed by atoms with E-state index in [1.165, 1.54) is 19.1 Å². The minimum Gasteiger partial charge on any atom is -0.398 e. The molecule has 5 N–H and O–H groups in total. The molecule has 0 radical (unpaired) electrons. The Balaban J connectivity index is 1.73. The van der Waals surface area contributed by atoms with Gasteiger partial charge in [0.25, 0.3) is 0 Å². The number of nitrogens with one attached hydrogen (secondary N) is 1. The highest BCUT2D eigenvalue weighted by Gasteiger charge is 2.31. The number of hydrogen-bond acceptors (Lipinski definition) is 9. The lowest BCUT2D eigenvalue weighted by molar-refractivity contribution is 0.296. The van der Waals surface area contributed by atoms with Gasteiger partial charge in [0.05, 0.1) is 5.70 Å². The third-order valence-electron chi connectivity index (χ3n) is 8.36. The van der Waals surface area contributed by atoms with Crippen LogP contribution in [0.5, 0.6) is 0 Å². The van der Waals surface area contributed by atoms with Crippen molar-refractivity contribution in [2.45, 2.75) is 83.6 Å². The molecule has 42 heavy (non-hydrogen) atoms. The smallest absolute Gasteiger partial charge is 0.194 e. The first-order chi connectivity index (χ1) is 20.1. The topological polar surface area (TPSA) is 141 Å². The van der Waals surface area contributed by atoms with Crippen LogP contribution in [0.2, 0.25) is 0 Å². The number of nitrogens with zero attached hydrogens (tertiary/aromatic N) is 5. The van der Waals surface area contributed by atoms with Crippen molar-refractivity contribution in [1.29, 1.82) is 10.7 Å². The summed E-state index contributed by atoms with van der Waals surface area (Å²) in [7, 11) is 2.16. The fourth-order valence-corrected chi connectivity index (χ4v) is 7.10. The first-order valence-electron chi connectivity index (χ1n) is 14.7. The molecule has 4 rings (SSSR count). The van der Waals surface area contributed by atoms with E-state index in [4.69, 9.17) is 16.5 Å². The maximum Gasteiger partial charge on any atom is 0.194 e. The van der Waals surface area contributed by atoms with Crippen LogP contribution in [0.15, 0.2) is 46.3 Å².